The molecule has 1 heterocycles. The zero-order chi connectivity index (χ0) is 19.1. The second kappa shape index (κ2) is 9.62. The van der Waals surface area contributed by atoms with Gasteiger partial charge in [-0.2, -0.15) is 0 Å². The summed E-state index contributed by atoms with van der Waals surface area (Å²) in [5.41, 5.74) is 0.841. The van der Waals surface area contributed by atoms with Gasteiger partial charge in [0, 0.05) is 32.8 Å². The average Bonchev–Trinajstić information content (AvgIpc) is 3.11. The predicted molar refractivity (Wildman–Crippen MR) is 111 cm³/mol. The van der Waals surface area contributed by atoms with E-state index >= 15 is 0 Å². The molecule has 1 amide bonds. The smallest absolute Gasteiger partial charge is 0.322 e. The second-order valence-corrected chi connectivity index (χ2v) is 8.88. The molecule has 27 heavy (non-hydrogen) atoms. The lowest BCUT2D eigenvalue weighted by Gasteiger charge is -2.05. The third kappa shape index (κ3) is 6.15. The summed E-state index contributed by atoms with van der Waals surface area (Å²) < 4.78 is 5.59. The Morgan fingerprint density at radius 3 is 2.63 bits per heavy atom. The van der Waals surface area contributed by atoms with Crippen molar-refractivity contribution in [2.24, 2.45) is 0 Å². The summed E-state index contributed by atoms with van der Waals surface area (Å²) >= 11 is 3.41. The first-order chi connectivity index (χ1) is 13.1. The normalized spacial score (nSPS) is 10.9. The second-order valence-electron chi connectivity index (χ2n) is 6.07. The van der Waals surface area contributed by atoms with Gasteiger partial charge in [0.05, 0.1) is 0 Å². The number of amides is 1. The Bertz CT molecular complexity index is 882. The number of carbonyl (C=O) groups is 1. The molecule has 0 saturated carbocycles. The summed E-state index contributed by atoms with van der Waals surface area (Å²) in [5.74, 6) is 0.943. The van der Waals surface area contributed by atoms with Crippen LogP contribution in [0.2, 0.25) is 0 Å². The molecule has 0 aliphatic carbocycles. The topological polar surface area (TPSA) is 68.0 Å². The number of hydrogen-bond donors (Lipinski definition) is 1. The number of nitrogens with one attached hydrogen (secondary N) is 1. The molecule has 3 rings (SSSR count). The Morgan fingerprint density at radius 1 is 1.07 bits per heavy atom. The molecule has 0 unspecified atom stereocenters. The van der Waals surface area contributed by atoms with E-state index in [2.05, 4.69) is 35.4 Å². The third-order valence-corrected chi connectivity index (χ3v) is 5.48. The molecule has 0 atom stereocenters. The van der Waals surface area contributed by atoms with Crippen LogP contribution in [-0.4, -0.2) is 27.1 Å². The van der Waals surface area contributed by atoms with Gasteiger partial charge in [-0.05, 0) is 30.3 Å². The average molecular weight is 400 g/mol. The first-order valence-electron chi connectivity index (χ1n) is 8.68. The van der Waals surface area contributed by atoms with Crippen LogP contribution in [0.15, 0.2) is 68.8 Å². The molecule has 0 fully saturated rings. The van der Waals surface area contributed by atoms with Crippen molar-refractivity contribution in [3.8, 4) is 11.5 Å². The van der Waals surface area contributed by atoms with Crippen LogP contribution in [0.3, 0.4) is 0 Å². The van der Waals surface area contributed by atoms with Crippen LogP contribution in [-0.2, 0) is 4.79 Å². The number of carbonyl (C=O) groups excluding carboxylic acids is 1. The van der Waals surface area contributed by atoms with Crippen molar-refractivity contribution in [2.45, 2.75) is 35.3 Å². The molecular formula is C20H21N3O2S2. The Kier molecular flexibility index (Phi) is 6.95. The first-order valence-corrected chi connectivity index (χ1v) is 10.5. The fourth-order valence-electron chi connectivity index (χ4n) is 2.33. The van der Waals surface area contributed by atoms with Gasteiger partial charge in [-0.15, -0.1) is 28.6 Å². The molecule has 1 N–H and O–H groups in total. The third-order valence-electron chi connectivity index (χ3n) is 3.47. The van der Waals surface area contributed by atoms with Gasteiger partial charge in [0.15, 0.2) is 0 Å². The lowest BCUT2D eigenvalue weighted by Crippen LogP contribution is -2.12. The molecule has 140 valence electrons. The van der Waals surface area contributed by atoms with Crippen molar-refractivity contribution >= 4 is 35.4 Å². The molecule has 0 aliphatic heterocycles. The van der Waals surface area contributed by atoms with Crippen molar-refractivity contribution in [1.29, 1.82) is 0 Å². The van der Waals surface area contributed by atoms with Gasteiger partial charge < -0.3 is 4.42 Å². The van der Waals surface area contributed by atoms with Crippen LogP contribution in [0.25, 0.3) is 11.5 Å². The number of thioether (sulfide) groups is 2. The highest BCUT2D eigenvalue weighted by Gasteiger charge is 2.12. The monoisotopic (exact) mass is 399 g/mol. The number of aromatic nitrogens is 2. The number of nitrogens with zero attached hydrogens (tertiary/aromatic N) is 2. The molecule has 0 radical (unpaired) electrons. The maximum Gasteiger partial charge on any atom is 0.322 e. The molecule has 0 bridgehead atoms. The maximum atomic E-state index is 12.1. The fourth-order valence-corrected chi connectivity index (χ4v) is 4.09. The minimum atomic E-state index is -0.141. The van der Waals surface area contributed by atoms with E-state index in [1.54, 1.807) is 23.5 Å². The van der Waals surface area contributed by atoms with E-state index in [0.717, 1.165) is 15.4 Å². The van der Waals surface area contributed by atoms with Crippen molar-refractivity contribution < 1.29 is 9.21 Å². The molecular weight excluding hydrogens is 378 g/mol. The van der Waals surface area contributed by atoms with E-state index in [1.807, 2.05) is 48.5 Å². The Balaban J connectivity index is 1.53. The molecule has 1 aromatic heterocycles. The number of benzene rings is 2. The van der Waals surface area contributed by atoms with E-state index in [4.69, 9.17) is 4.42 Å². The van der Waals surface area contributed by atoms with Crippen LogP contribution in [0.1, 0.15) is 20.3 Å². The quantitative estimate of drug-likeness (QED) is 0.515. The highest BCUT2D eigenvalue weighted by Crippen LogP contribution is 2.28. The van der Waals surface area contributed by atoms with E-state index in [9.17, 15) is 4.79 Å². The van der Waals surface area contributed by atoms with Gasteiger partial charge in [-0.1, -0.05) is 43.2 Å². The van der Waals surface area contributed by atoms with Gasteiger partial charge >= 0.3 is 6.01 Å². The zero-order valence-electron chi connectivity index (χ0n) is 15.2. The van der Waals surface area contributed by atoms with Crippen LogP contribution in [0.4, 0.5) is 6.01 Å². The largest absolute Gasteiger partial charge is 0.403 e. The summed E-state index contributed by atoms with van der Waals surface area (Å²) in [6, 6.07) is 18.1. The van der Waals surface area contributed by atoms with Gasteiger partial charge in [0.25, 0.3) is 0 Å². The highest BCUT2D eigenvalue weighted by molar-refractivity contribution is 8.00. The zero-order valence-corrected chi connectivity index (χ0v) is 16.8. The lowest BCUT2D eigenvalue weighted by molar-refractivity contribution is -0.115. The lowest BCUT2D eigenvalue weighted by atomic mass is 10.2. The number of rotatable bonds is 8. The van der Waals surface area contributed by atoms with Gasteiger partial charge in [-0.25, -0.2) is 0 Å². The van der Waals surface area contributed by atoms with E-state index < -0.39 is 0 Å². The minimum Gasteiger partial charge on any atom is -0.403 e. The highest BCUT2D eigenvalue weighted by atomic mass is 32.2. The summed E-state index contributed by atoms with van der Waals surface area (Å²) in [5, 5.41) is 11.1. The van der Waals surface area contributed by atoms with Crippen LogP contribution < -0.4 is 5.32 Å². The molecule has 3 aromatic rings. The van der Waals surface area contributed by atoms with E-state index in [-0.39, 0.29) is 11.9 Å². The predicted octanol–water partition coefficient (Wildman–Crippen LogP) is 5.36. The van der Waals surface area contributed by atoms with Crippen molar-refractivity contribution in [3.63, 3.8) is 0 Å². The molecule has 7 heteroatoms. The number of hydrogen-bond acceptors (Lipinski definition) is 6. The van der Waals surface area contributed by atoms with Crippen LogP contribution in [0.5, 0.6) is 0 Å². The molecule has 0 spiro atoms. The minimum absolute atomic E-state index is 0.127. The summed E-state index contributed by atoms with van der Waals surface area (Å²) in [6.45, 7) is 4.29. The maximum absolute atomic E-state index is 12.1. The summed E-state index contributed by atoms with van der Waals surface area (Å²) in [4.78, 5) is 14.4. The molecule has 0 saturated heterocycles. The first kappa shape index (κ1) is 19.5. The van der Waals surface area contributed by atoms with E-state index in [0.29, 0.717) is 23.3 Å². The fraction of sp³-hybridized carbons (Fsp3) is 0.250. The van der Waals surface area contributed by atoms with E-state index in [1.165, 1.54) is 0 Å². The number of anilines is 1. The summed E-state index contributed by atoms with van der Waals surface area (Å²) in [6.07, 6.45) is 0.373. The van der Waals surface area contributed by atoms with Crippen molar-refractivity contribution in [2.75, 3.05) is 11.1 Å². The summed E-state index contributed by atoms with van der Waals surface area (Å²) in [7, 11) is 0. The van der Waals surface area contributed by atoms with Gasteiger partial charge in [0.2, 0.25) is 11.8 Å². The Hall–Kier alpha value is -2.25. The van der Waals surface area contributed by atoms with Crippen LogP contribution >= 0.6 is 23.5 Å². The SMILES string of the molecule is CC(C)Sc1cccc(-c2nnc(NC(=O)CCSc3ccccc3)o2)c1. The Labute approximate surface area is 167 Å². The van der Waals surface area contributed by atoms with Gasteiger partial charge in [-0.3, -0.25) is 10.1 Å². The molecule has 0 aliphatic rings. The van der Waals surface area contributed by atoms with Crippen molar-refractivity contribution in [1.82, 2.24) is 10.2 Å². The molecule has 5 nitrogen and oxygen atoms in total. The van der Waals surface area contributed by atoms with Crippen LogP contribution in [0, 0.1) is 0 Å². The standard InChI is InChI=1S/C20H21N3O2S2/c1-14(2)27-17-10-6-7-15(13-17)19-22-23-20(25-19)21-18(24)11-12-26-16-8-4-3-5-9-16/h3-10,13-14H,11-12H2,1-2H3,(H,21,23,24). The Morgan fingerprint density at radius 2 is 1.85 bits per heavy atom. The molecule has 2 aromatic carbocycles. The van der Waals surface area contributed by atoms with Crippen molar-refractivity contribution in [3.05, 3.63) is 54.6 Å². The van der Waals surface area contributed by atoms with Gasteiger partial charge in [0.1, 0.15) is 0 Å².